The van der Waals surface area contributed by atoms with Crippen LogP contribution in [-0.4, -0.2) is 33.8 Å². The largest absolute Gasteiger partial charge is 0.469 e. The first-order chi connectivity index (χ1) is 11.5. The fourth-order valence-electron chi connectivity index (χ4n) is 3.84. The van der Waals surface area contributed by atoms with Crippen LogP contribution in [0.25, 0.3) is 0 Å². The maximum Gasteiger partial charge on any atom is 0.309 e. The van der Waals surface area contributed by atoms with Crippen LogP contribution < -0.4 is 0 Å². The fourth-order valence-corrected chi connectivity index (χ4v) is 4.88. The van der Waals surface area contributed by atoms with E-state index in [2.05, 4.69) is 52.9 Å². The molecule has 1 saturated carbocycles. The lowest BCUT2D eigenvalue weighted by molar-refractivity contribution is -0.151. The second kappa shape index (κ2) is 7.35. The average molecular weight is 367 g/mol. The Bertz CT molecular complexity index is 546. The summed E-state index contributed by atoms with van der Waals surface area (Å²) in [5, 5.41) is 0.159. The highest BCUT2D eigenvalue weighted by molar-refractivity contribution is 6.74. The van der Waals surface area contributed by atoms with Crippen LogP contribution in [0.5, 0.6) is 0 Å². The highest BCUT2D eigenvalue weighted by atomic mass is 28.4. The van der Waals surface area contributed by atoms with Crippen molar-refractivity contribution in [3.05, 3.63) is 12.2 Å². The van der Waals surface area contributed by atoms with Crippen molar-refractivity contribution in [2.45, 2.75) is 58.7 Å². The summed E-state index contributed by atoms with van der Waals surface area (Å²) in [5.74, 6) is 0.290. The monoisotopic (exact) mass is 366 g/mol. The van der Waals surface area contributed by atoms with Crippen LogP contribution in [0.2, 0.25) is 18.1 Å². The maximum absolute atomic E-state index is 12.9. The molecule has 4 nitrogen and oxygen atoms in total. The first-order valence-corrected chi connectivity index (χ1v) is 12.3. The number of rotatable bonds is 4. The number of ketones is 1. The van der Waals surface area contributed by atoms with E-state index in [-0.39, 0.29) is 40.5 Å². The number of hydrogen-bond acceptors (Lipinski definition) is 4. The van der Waals surface area contributed by atoms with E-state index in [1.54, 1.807) is 0 Å². The molecule has 5 atom stereocenters. The van der Waals surface area contributed by atoms with Crippen LogP contribution in [0.4, 0.5) is 0 Å². The number of carbonyl (C=O) groups excluding carboxylic acids is 2. The van der Waals surface area contributed by atoms with E-state index in [0.29, 0.717) is 25.4 Å². The molecular formula is C20H34O4Si. The summed E-state index contributed by atoms with van der Waals surface area (Å²) >= 11 is 0. The van der Waals surface area contributed by atoms with Gasteiger partial charge in [-0.3, -0.25) is 9.59 Å². The van der Waals surface area contributed by atoms with Gasteiger partial charge in [-0.2, -0.15) is 0 Å². The lowest BCUT2D eigenvalue weighted by Gasteiger charge is -2.44. The molecule has 0 saturated heterocycles. The molecule has 25 heavy (non-hydrogen) atoms. The van der Waals surface area contributed by atoms with Crippen LogP contribution >= 0.6 is 0 Å². The van der Waals surface area contributed by atoms with E-state index in [1.807, 2.05) is 0 Å². The summed E-state index contributed by atoms with van der Waals surface area (Å²) in [6.45, 7) is 14.0. The Kier molecular flexibility index (Phi) is 5.99. The van der Waals surface area contributed by atoms with Gasteiger partial charge in [0.25, 0.3) is 0 Å². The zero-order chi connectivity index (χ0) is 19.0. The molecule has 0 unspecified atom stereocenters. The Morgan fingerprint density at radius 1 is 1.28 bits per heavy atom. The number of allylic oxidation sites excluding steroid dienone is 2. The van der Waals surface area contributed by atoms with E-state index in [0.717, 1.165) is 0 Å². The molecule has 0 N–H and O–H groups in total. The minimum atomic E-state index is -1.84. The van der Waals surface area contributed by atoms with Gasteiger partial charge in [-0.1, -0.05) is 39.8 Å². The Morgan fingerprint density at radius 2 is 1.92 bits per heavy atom. The number of carbonyl (C=O) groups is 2. The average Bonchev–Trinajstić information content (AvgIpc) is 2.52. The van der Waals surface area contributed by atoms with E-state index in [4.69, 9.17) is 9.16 Å². The smallest absolute Gasteiger partial charge is 0.309 e. The second-order valence-corrected chi connectivity index (χ2v) is 14.1. The number of ether oxygens (including phenoxy) is 1. The van der Waals surface area contributed by atoms with Gasteiger partial charge < -0.3 is 9.16 Å². The van der Waals surface area contributed by atoms with E-state index in [1.165, 1.54) is 7.11 Å². The third-order valence-electron chi connectivity index (χ3n) is 6.61. The summed E-state index contributed by atoms with van der Waals surface area (Å²) in [4.78, 5) is 24.7. The fraction of sp³-hybridized carbons (Fsp3) is 0.800. The molecule has 0 heterocycles. The van der Waals surface area contributed by atoms with Gasteiger partial charge in [-0.05, 0) is 42.3 Å². The number of hydrogen-bond donors (Lipinski definition) is 0. The maximum atomic E-state index is 12.9. The van der Waals surface area contributed by atoms with Gasteiger partial charge in [0.1, 0.15) is 5.78 Å². The van der Waals surface area contributed by atoms with E-state index < -0.39 is 8.32 Å². The molecule has 0 aromatic rings. The second-order valence-electron chi connectivity index (χ2n) is 9.30. The Hall–Kier alpha value is -0.943. The Morgan fingerprint density at radius 3 is 2.48 bits per heavy atom. The molecule has 5 heteroatoms. The normalized spacial score (nSPS) is 33.1. The highest BCUT2D eigenvalue weighted by Gasteiger charge is 2.46. The van der Waals surface area contributed by atoms with Crippen molar-refractivity contribution in [3.8, 4) is 0 Å². The van der Waals surface area contributed by atoms with Crippen LogP contribution in [0.3, 0.4) is 0 Å². The van der Waals surface area contributed by atoms with Crippen molar-refractivity contribution in [1.82, 2.24) is 0 Å². The third-order valence-corrected chi connectivity index (χ3v) is 11.1. The third kappa shape index (κ3) is 4.25. The standard InChI is InChI=1S/C20H34O4Si/c1-13-8-9-14-10-15(19(22)23-5)11-17(21)18(14)16(13)12-24-25(6,7)20(2,3)4/h8-9,13-16,18H,10-12H2,1-7H3/t13-,14-,15+,16-,18-/m0/s1. The van der Waals surface area contributed by atoms with Gasteiger partial charge in [0.2, 0.25) is 0 Å². The molecule has 0 radical (unpaired) electrons. The molecule has 1 fully saturated rings. The van der Waals surface area contributed by atoms with E-state index >= 15 is 0 Å². The minimum Gasteiger partial charge on any atom is -0.469 e. The highest BCUT2D eigenvalue weighted by Crippen LogP contribution is 2.44. The number of Topliss-reactive ketones (excluding diaryl/α,β-unsaturated/α-hetero) is 1. The van der Waals surface area contributed by atoms with Crippen LogP contribution in [0, 0.1) is 29.6 Å². The Labute approximate surface area is 153 Å². The molecule has 0 spiro atoms. The van der Waals surface area contributed by atoms with Gasteiger partial charge in [0, 0.05) is 18.9 Å². The first-order valence-electron chi connectivity index (χ1n) is 9.40. The summed E-state index contributed by atoms with van der Waals surface area (Å²) in [6.07, 6.45) is 5.37. The van der Waals surface area contributed by atoms with Crippen molar-refractivity contribution in [3.63, 3.8) is 0 Å². The van der Waals surface area contributed by atoms with Crippen LogP contribution in [0.15, 0.2) is 12.2 Å². The molecule has 142 valence electrons. The summed E-state index contributed by atoms with van der Waals surface area (Å²) in [7, 11) is -0.447. The molecule has 0 bridgehead atoms. The Balaban J connectivity index is 2.14. The zero-order valence-electron chi connectivity index (χ0n) is 16.8. The van der Waals surface area contributed by atoms with Crippen LogP contribution in [0.1, 0.15) is 40.5 Å². The number of esters is 1. The molecule has 2 aliphatic carbocycles. The van der Waals surface area contributed by atoms with Crippen molar-refractivity contribution in [2.75, 3.05) is 13.7 Å². The van der Waals surface area contributed by atoms with Gasteiger partial charge >= 0.3 is 5.97 Å². The van der Waals surface area contributed by atoms with Crippen LogP contribution in [-0.2, 0) is 18.8 Å². The lowest BCUT2D eigenvalue weighted by Crippen LogP contribution is -2.48. The topological polar surface area (TPSA) is 52.6 Å². The summed E-state index contributed by atoms with van der Waals surface area (Å²) < 4.78 is 11.3. The SMILES string of the molecule is COC(=O)[C@H]1CC(=O)[C@@H]2[C@@H](CO[Si](C)(C)C(C)(C)C)[C@@H](C)C=C[C@H]2C1. The summed E-state index contributed by atoms with van der Waals surface area (Å²) in [6, 6.07) is 0. The molecule has 0 aromatic carbocycles. The van der Waals surface area contributed by atoms with Crippen molar-refractivity contribution in [1.29, 1.82) is 0 Å². The van der Waals surface area contributed by atoms with Gasteiger partial charge in [0.15, 0.2) is 8.32 Å². The number of methoxy groups -OCH3 is 1. The predicted octanol–water partition coefficient (Wildman–Crippen LogP) is 4.21. The van der Waals surface area contributed by atoms with Gasteiger partial charge in [-0.15, -0.1) is 0 Å². The summed E-state index contributed by atoms with van der Waals surface area (Å²) in [5.41, 5.74) is 0. The molecule has 0 aliphatic heterocycles. The molecule has 0 aromatic heterocycles. The number of fused-ring (bicyclic) bond motifs is 1. The van der Waals surface area contributed by atoms with Crippen molar-refractivity contribution >= 4 is 20.1 Å². The molecule has 0 amide bonds. The lowest BCUT2D eigenvalue weighted by atomic mass is 9.62. The zero-order valence-corrected chi connectivity index (χ0v) is 17.8. The van der Waals surface area contributed by atoms with E-state index in [9.17, 15) is 9.59 Å². The van der Waals surface area contributed by atoms with Gasteiger partial charge in [-0.25, -0.2) is 0 Å². The predicted molar refractivity (Wildman–Crippen MR) is 102 cm³/mol. The van der Waals surface area contributed by atoms with Gasteiger partial charge in [0.05, 0.1) is 13.0 Å². The minimum absolute atomic E-state index is 0.0225. The van der Waals surface area contributed by atoms with Crippen molar-refractivity contribution in [2.24, 2.45) is 29.6 Å². The molecule has 2 rings (SSSR count). The molecular weight excluding hydrogens is 332 g/mol. The van der Waals surface area contributed by atoms with Crippen molar-refractivity contribution < 1.29 is 18.8 Å². The molecule has 2 aliphatic rings. The quantitative estimate of drug-likeness (QED) is 0.425. The first kappa shape index (κ1) is 20.4.